The maximum absolute atomic E-state index is 12.1. The van der Waals surface area contributed by atoms with Gasteiger partial charge in [0.2, 0.25) is 0 Å². The molecule has 1 amide bonds. The Hall–Kier alpha value is -2.13. The number of hydrogen-bond donors (Lipinski definition) is 2. The van der Waals surface area contributed by atoms with Crippen molar-refractivity contribution in [2.75, 3.05) is 18.9 Å². The summed E-state index contributed by atoms with van der Waals surface area (Å²) in [4.78, 5) is 13.3. The van der Waals surface area contributed by atoms with Gasteiger partial charge in [-0.15, -0.1) is 0 Å². The highest BCUT2D eigenvalue weighted by Crippen LogP contribution is 2.14. The molecule has 122 valence electrons. The molecule has 0 saturated heterocycles. The van der Waals surface area contributed by atoms with Crippen LogP contribution in [0.5, 0.6) is 0 Å². The number of nitrogens with one attached hydrogen (secondary N) is 2. The number of benzene rings is 2. The number of hydrogen-bond acceptors (Lipinski definition) is 1. The standard InChI is InChI=1S/C20H26N2O/c1-15(2)18-10-8-17(9-11-18)13-22(4)14-20(23)21-19-7-5-6-16(3)12-19/h5-12,15H,13-14H2,1-4H3,(H,21,23)/p+1. The Labute approximate surface area is 139 Å². The number of carbonyl (C=O) groups is 1. The van der Waals surface area contributed by atoms with Crippen LogP contribution in [0.25, 0.3) is 0 Å². The second-order valence-corrected chi connectivity index (χ2v) is 6.62. The van der Waals surface area contributed by atoms with Crippen molar-refractivity contribution in [1.82, 2.24) is 0 Å². The SMILES string of the molecule is Cc1cccc(NC(=O)C[NH+](C)Cc2ccc(C(C)C)cc2)c1. The predicted octanol–water partition coefficient (Wildman–Crippen LogP) is 2.77. The van der Waals surface area contributed by atoms with Crippen molar-refractivity contribution in [3.8, 4) is 0 Å². The molecule has 2 aromatic carbocycles. The van der Waals surface area contributed by atoms with Crippen molar-refractivity contribution >= 4 is 11.6 Å². The zero-order valence-electron chi connectivity index (χ0n) is 14.5. The van der Waals surface area contributed by atoms with E-state index in [4.69, 9.17) is 0 Å². The summed E-state index contributed by atoms with van der Waals surface area (Å²) in [5, 5.41) is 2.96. The third kappa shape index (κ3) is 5.53. The highest BCUT2D eigenvalue weighted by atomic mass is 16.2. The summed E-state index contributed by atoms with van der Waals surface area (Å²) in [5.74, 6) is 0.598. The number of likely N-dealkylation sites (N-methyl/N-ethyl adjacent to an activating group) is 1. The van der Waals surface area contributed by atoms with E-state index in [0.29, 0.717) is 12.5 Å². The van der Waals surface area contributed by atoms with E-state index in [0.717, 1.165) is 17.8 Å². The largest absolute Gasteiger partial charge is 0.326 e. The minimum Gasteiger partial charge on any atom is -0.326 e. The van der Waals surface area contributed by atoms with Crippen LogP contribution in [-0.2, 0) is 11.3 Å². The van der Waals surface area contributed by atoms with Gasteiger partial charge >= 0.3 is 0 Å². The van der Waals surface area contributed by atoms with Crippen LogP contribution in [-0.4, -0.2) is 19.5 Å². The molecule has 2 N–H and O–H groups in total. The van der Waals surface area contributed by atoms with Crippen molar-refractivity contribution in [2.45, 2.75) is 33.2 Å². The van der Waals surface area contributed by atoms with E-state index in [9.17, 15) is 4.79 Å². The first kappa shape index (κ1) is 17.2. The van der Waals surface area contributed by atoms with Gasteiger partial charge in [0, 0.05) is 11.3 Å². The van der Waals surface area contributed by atoms with Gasteiger partial charge in [-0.2, -0.15) is 0 Å². The van der Waals surface area contributed by atoms with Crippen molar-refractivity contribution in [1.29, 1.82) is 0 Å². The molecule has 3 nitrogen and oxygen atoms in total. The lowest BCUT2D eigenvalue weighted by atomic mass is 10.0. The quantitative estimate of drug-likeness (QED) is 0.845. The van der Waals surface area contributed by atoms with Crippen LogP contribution in [0.2, 0.25) is 0 Å². The van der Waals surface area contributed by atoms with Crippen molar-refractivity contribution in [3.05, 3.63) is 65.2 Å². The maximum Gasteiger partial charge on any atom is 0.279 e. The smallest absolute Gasteiger partial charge is 0.279 e. The summed E-state index contributed by atoms with van der Waals surface area (Å²) >= 11 is 0. The van der Waals surface area contributed by atoms with Crippen LogP contribution in [0.4, 0.5) is 5.69 Å². The molecule has 0 radical (unpaired) electrons. The van der Waals surface area contributed by atoms with Crippen LogP contribution in [0, 0.1) is 6.92 Å². The average Bonchev–Trinajstić information content (AvgIpc) is 2.47. The fraction of sp³-hybridized carbons (Fsp3) is 0.350. The summed E-state index contributed by atoms with van der Waals surface area (Å²) in [5.41, 5.74) is 4.62. The van der Waals surface area contributed by atoms with Gasteiger partial charge in [0.25, 0.3) is 5.91 Å². The number of quaternary nitrogens is 1. The Kier molecular flexibility index (Phi) is 5.94. The number of anilines is 1. The molecule has 2 aromatic rings. The monoisotopic (exact) mass is 311 g/mol. The molecule has 23 heavy (non-hydrogen) atoms. The van der Waals surface area contributed by atoms with Crippen LogP contribution >= 0.6 is 0 Å². The highest BCUT2D eigenvalue weighted by molar-refractivity contribution is 5.91. The molecule has 0 fully saturated rings. The maximum atomic E-state index is 12.1. The van der Waals surface area contributed by atoms with Gasteiger partial charge in [-0.1, -0.05) is 50.2 Å². The Bertz CT molecular complexity index is 647. The minimum atomic E-state index is 0.0481. The van der Waals surface area contributed by atoms with E-state index in [1.54, 1.807) is 0 Å². The highest BCUT2D eigenvalue weighted by Gasteiger charge is 2.11. The Morgan fingerprint density at radius 2 is 1.83 bits per heavy atom. The molecule has 2 rings (SSSR count). The van der Waals surface area contributed by atoms with Crippen molar-refractivity contribution in [3.63, 3.8) is 0 Å². The molecular formula is C20H27N2O+. The first-order chi connectivity index (χ1) is 10.9. The van der Waals surface area contributed by atoms with Gasteiger partial charge in [0.15, 0.2) is 6.54 Å². The Balaban J connectivity index is 1.86. The number of rotatable bonds is 6. The summed E-state index contributed by atoms with van der Waals surface area (Å²) < 4.78 is 0. The van der Waals surface area contributed by atoms with Crippen LogP contribution in [0.15, 0.2) is 48.5 Å². The molecule has 0 heterocycles. The fourth-order valence-corrected chi connectivity index (χ4v) is 2.63. The van der Waals surface area contributed by atoms with Gasteiger partial charge in [0.1, 0.15) is 6.54 Å². The van der Waals surface area contributed by atoms with Crippen LogP contribution in [0.1, 0.15) is 36.5 Å². The lowest BCUT2D eigenvalue weighted by molar-refractivity contribution is -0.885. The average molecular weight is 311 g/mol. The zero-order valence-corrected chi connectivity index (χ0v) is 14.5. The van der Waals surface area contributed by atoms with E-state index < -0.39 is 0 Å². The lowest BCUT2D eigenvalue weighted by Crippen LogP contribution is -3.08. The third-order valence-corrected chi connectivity index (χ3v) is 3.92. The Morgan fingerprint density at radius 3 is 2.43 bits per heavy atom. The van der Waals surface area contributed by atoms with E-state index in [-0.39, 0.29) is 5.91 Å². The summed E-state index contributed by atoms with van der Waals surface area (Å²) in [6.45, 7) is 7.72. The minimum absolute atomic E-state index is 0.0481. The zero-order chi connectivity index (χ0) is 16.8. The first-order valence-corrected chi connectivity index (χ1v) is 8.20. The lowest BCUT2D eigenvalue weighted by Gasteiger charge is -2.15. The number of aryl methyl sites for hydroxylation is 1. The molecule has 0 aliphatic carbocycles. The van der Waals surface area contributed by atoms with Gasteiger partial charge in [-0.05, 0) is 36.1 Å². The van der Waals surface area contributed by atoms with Crippen molar-refractivity contribution in [2.24, 2.45) is 0 Å². The molecule has 3 heteroatoms. The number of carbonyl (C=O) groups excluding carboxylic acids is 1. The van der Waals surface area contributed by atoms with Gasteiger partial charge in [-0.3, -0.25) is 4.79 Å². The van der Waals surface area contributed by atoms with Crippen molar-refractivity contribution < 1.29 is 9.69 Å². The van der Waals surface area contributed by atoms with Gasteiger partial charge in [-0.25, -0.2) is 0 Å². The molecule has 0 aromatic heterocycles. The third-order valence-electron chi connectivity index (χ3n) is 3.92. The molecular weight excluding hydrogens is 284 g/mol. The van der Waals surface area contributed by atoms with E-state index in [2.05, 4.69) is 43.4 Å². The molecule has 0 saturated carbocycles. The topological polar surface area (TPSA) is 33.5 Å². The molecule has 1 atom stereocenters. The van der Waals surface area contributed by atoms with Crippen LogP contribution in [0.3, 0.4) is 0 Å². The molecule has 0 aliphatic heterocycles. The predicted molar refractivity (Wildman–Crippen MR) is 95.8 cm³/mol. The molecule has 0 spiro atoms. The first-order valence-electron chi connectivity index (χ1n) is 8.20. The molecule has 1 unspecified atom stereocenters. The molecule has 0 aliphatic rings. The van der Waals surface area contributed by atoms with E-state index >= 15 is 0 Å². The van der Waals surface area contributed by atoms with Gasteiger partial charge in [0.05, 0.1) is 7.05 Å². The Morgan fingerprint density at radius 1 is 1.13 bits per heavy atom. The summed E-state index contributed by atoms with van der Waals surface area (Å²) in [6, 6.07) is 16.6. The van der Waals surface area contributed by atoms with Crippen LogP contribution < -0.4 is 10.2 Å². The van der Waals surface area contributed by atoms with E-state index in [1.807, 2.05) is 38.2 Å². The summed E-state index contributed by atoms with van der Waals surface area (Å²) in [7, 11) is 2.05. The normalized spacial score (nSPS) is 12.2. The number of amides is 1. The summed E-state index contributed by atoms with van der Waals surface area (Å²) in [6.07, 6.45) is 0. The molecule has 0 bridgehead atoms. The fourth-order valence-electron chi connectivity index (χ4n) is 2.63. The van der Waals surface area contributed by atoms with Gasteiger partial charge < -0.3 is 10.2 Å². The van der Waals surface area contributed by atoms with E-state index in [1.165, 1.54) is 16.0 Å². The second-order valence-electron chi connectivity index (χ2n) is 6.62. The second kappa shape index (κ2) is 7.93.